The standard InChI is InChI=1S/C23H30N2O4S/c1-18(2)17-29-16-6-14-24-23(26)20-10-12-21(13-11-20)30(27,28)25-15-5-8-19-7-3-4-9-22(19)25/h3-4,7,9-13,18H,5-6,8,14-17H2,1-2H3,(H,24,26). The first kappa shape index (κ1) is 22.3. The van der Waals surface area contributed by atoms with Crippen LogP contribution in [0.25, 0.3) is 0 Å². The van der Waals surface area contributed by atoms with E-state index in [0.717, 1.165) is 30.5 Å². The number of sulfonamides is 1. The second-order valence-corrected chi connectivity index (χ2v) is 9.77. The van der Waals surface area contributed by atoms with Gasteiger partial charge in [-0.15, -0.1) is 0 Å². The van der Waals surface area contributed by atoms with Crippen molar-refractivity contribution in [3.05, 3.63) is 59.7 Å². The van der Waals surface area contributed by atoms with E-state index in [0.29, 0.717) is 37.8 Å². The average Bonchev–Trinajstić information content (AvgIpc) is 2.75. The fourth-order valence-corrected chi connectivity index (χ4v) is 4.99. The third-order valence-electron chi connectivity index (χ3n) is 4.97. The summed E-state index contributed by atoms with van der Waals surface area (Å²) in [5.74, 6) is 0.277. The Kier molecular flexibility index (Phi) is 7.50. The maximum absolute atomic E-state index is 13.2. The number of benzene rings is 2. The Morgan fingerprint density at radius 1 is 1.13 bits per heavy atom. The van der Waals surface area contributed by atoms with Crippen LogP contribution in [0.15, 0.2) is 53.4 Å². The zero-order chi connectivity index (χ0) is 21.6. The van der Waals surface area contributed by atoms with Crippen molar-refractivity contribution in [2.24, 2.45) is 5.92 Å². The van der Waals surface area contributed by atoms with E-state index in [-0.39, 0.29) is 10.8 Å². The first-order chi connectivity index (χ1) is 14.4. The average molecular weight is 431 g/mol. The van der Waals surface area contributed by atoms with Crippen LogP contribution < -0.4 is 9.62 Å². The molecule has 0 unspecified atom stereocenters. The summed E-state index contributed by atoms with van der Waals surface area (Å²) in [5.41, 5.74) is 2.22. The van der Waals surface area contributed by atoms with E-state index in [2.05, 4.69) is 19.2 Å². The number of carbonyl (C=O) groups excluding carboxylic acids is 1. The van der Waals surface area contributed by atoms with E-state index in [1.807, 2.05) is 24.3 Å². The Labute approximate surface area is 179 Å². The molecule has 1 aliphatic rings. The summed E-state index contributed by atoms with van der Waals surface area (Å²) in [6.07, 6.45) is 2.40. The highest BCUT2D eigenvalue weighted by Crippen LogP contribution is 2.31. The summed E-state index contributed by atoms with van der Waals surface area (Å²) in [7, 11) is -3.67. The Morgan fingerprint density at radius 3 is 2.60 bits per heavy atom. The number of fused-ring (bicyclic) bond motifs is 1. The molecule has 0 bridgehead atoms. The summed E-state index contributed by atoms with van der Waals surface area (Å²) in [6, 6.07) is 13.7. The van der Waals surface area contributed by atoms with Gasteiger partial charge in [-0.25, -0.2) is 8.42 Å². The van der Waals surface area contributed by atoms with Crippen molar-refractivity contribution >= 4 is 21.6 Å². The molecule has 162 valence electrons. The Bertz CT molecular complexity index is 955. The number of ether oxygens (including phenoxy) is 1. The molecule has 30 heavy (non-hydrogen) atoms. The molecular weight excluding hydrogens is 400 g/mol. The zero-order valence-corrected chi connectivity index (χ0v) is 18.5. The Hall–Kier alpha value is -2.38. The molecule has 1 aliphatic heterocycles. The number of carbonyl (C=O) groups is 1. The van der Waals surface area contributed by atoms with Crippen molar-refractivity contribution in [2.45, 2.75) is 38.0 Å². The number of aryl methyl sites for hydroxylation is 1. The van der Waals surface area contributed by atoms with Gasteiger partial charge in [0.25, 0.3) is 15.9 Å². The lowest BCUT2D eigenvalue weighted by atomic mass is 10.0. The lowest BCUT2D eigenvalue weighted by Crippen LogP contribution is -2.35. The van der Waals surface area contributed by atoms with Gasteiger partial charge in [-0.05, 0) is 61.1 Å². The van der Waals surface area contributed by atoms with Crippen LogP contribution in [0.2, 0.25) is 0 Å². The van der Waals surface area contributed by atoms with Gasteiger partial charge < -0.3 is 10.1 Å². The first-order valence-electron chi connectivity index (χ1n) is 10.5. The van der Waals surface area contributed by atoms with Gasteiger partial charge in [-0.2, -0.15) is 0 Å². The molecule has 2 aromatic carbocycles. The molecule has 0 aliphatic carbocycles. The summed E-state index contributed by atoms with van der Waals surface area (Å²) in [6.45, 7) is 6.48. The fourth-order valence-electron chi connectivity index (χ4n) is 3.45. The molecule has 1 amide bonds. The number of amides is 1. The van der Waals surface area contributed by atoms with Crippen LogP contribution in [0.5, 0.6) is 0 Å². The molecule has 0 spiro atoms. The van der Waals surface area contributed by atoms with Crippen LogP contribution in [-0.2, 0) is 21.2 Å². The number of nitrogens with zero attached hydrogens (tertiary/aromatic N) is 1. The molecular formula is C23H30N2O4S. The molecule has 0 aromatic heterocycles. The fraction of sp³-hybridized carbons (Fsp3) is 0.435. The van der Waals surface area contributed by atoms with E-state index in [1.165, 1.54) is 16.4 Å². The van der Waals surface area contributed by atoms with Crippen molar-refractivity contribution in [3.63, 3.8) is 0 Å². The van der Waals surface area contributed by atoms with Gasteiger partial charge in [0, 0.05) is 31.9 Å². The maximum atomic E-state index is 13.2. The van der Waals surface area contributed by atoms with Gasteiger partial charge in [0.05, 0.1) is 10.6 Å². The van der Waals surface area contributed by atoms with Crippen LogP contribution in [0.3, 0.4) is 0 Å². The van der Waals surface area contributed by atoms with Crippen molar-refractivity contribution in [3.8, 4) is 0 Å². The quantitative estimate of drug-likeness (QED) is 0.617. The van der Waals surface area contributed by atoms with Gasteiger partial charge in [0.1, 0.15) is 0 Å². The van der Waals surface area contributed by atoms with Gasteiger partial charge in [0.2, 0.25) is 0 Å². The number of nitrogens with one attached hydrogen (secondary N) is 1. The molecule has 0 fully saturated rings. The Balaban J connectivity index is 1.61. The number of hydrogen-bond donors (Lipinski definition) is 1. The molecule has 0 saturated carbocycles. The number of para-hydroxylation sites is 1. The zero-order valence-electron chi connectivity index (χ0n) is 17.6. The summed E-state index contributed by atoms with van der Waals surface area (Å²) >= 11 is 0. The van der Waals surface area contributed by atoms with E-state index < -0.39 is 10.0 Å². The largest absolute Gasteiger partial charge is 0.381 e. The second-order valence-electron chi connectivity index (χ2n) is 7.91. The Morgan fingerprint density at radius 2 is 1.87 bits per heavy atom. The van der Waals surface area contributed by atoms with Gasteiger partial charge in [0.15, 0.2) is 0 Å². The molecule has 1 heterocycles. The van der Waals surface area contributed by atoms with Gasteiger partial charge in [-0.3, -0.25) is 9.10 Å². The smallest absolute Gasteiger partial charge is 0.264 e. The molecule has 0 atom stereocenters. The minimum absolute atomic E-state index is 0.192. The SMILES string of the molecule is CC(C)COCCCNC(=O)c1ccc(S(=O)(=O)N2CCCc3ccccc32)cc1. The van der Waals surface area contributed by atoms with Gasteiger partial charge >= 0.3 is 0 Å². The predicted octanol–water partition coefficient (Wildman–Crippen LogP) is 3.62. The first-order valence-corrected chi connectivity index (χ1v) is 11.9. The highest BCUT2D eigenvalue weighted by molar-refractivity contribution is 7.92. The number of anilines is 1. The van der Waals surface area contributed by atoms with Crippen molar-refractivity contribution in [1.29, 1.82) is 0 Å². The minimum atomic E-state index is -3.67. The van der Waals surface area contributed by atoms with Crippen LogP contribution in [0.4, 0.5) is 5.69 Å². The molecule has 7 heteroatoms. The van der Waals surface area contributed by atoms with E-state index in [1.54, 1.807) is 12.1 Å². The minimum Gasteiger partial charge on any atom is -0.381 e. The van der Waals surface area contributed by atoms with Crippen LogP contribution in [0.1, 0.15) is 42.6 Å². The highest BCUT2D eigenvalue weighted by atomic mass is 32.2. The predicted molar refractivity (Wildman–Crippen MR) is 118 cm³/mol. The topological polar surface area (TPSA) is 75.7 Å². The van der Waals surface area contributed by atoms with Crippen molar-refractivity contribution in [1.82, 2.24) is 5.32 Å². The summed E-state index contributed by atoms with van der Waals surface area (Å²) < 4.78 is 33.3. The maximum Gasteiger partial charge on any atom is 0.264 e. The summed E-state index contributed by atoms with van der Waals surface area (Å²) in [5, 5.41) is 2.84. The number of hydrogen-bond acceptors (Lipinski definition) is 4. The molecule has 1 N–H and O–H groups in total. The third kappa shape index (κ3) is 5.40. The monoisotopic (exact) mass is 430 g/mol. The van der Waals surface area contributed by atoms with Gasteiger partial charge in [-0.1, -0.05) is 32.0 Å². The molecule has 3 rings (SSSR count). The van der Waals surface area contributed by atoms with Crippen molar-refractivity contribution in [2.75, 3.05) is 30.6 Å². The molecule has 2 aromatic rings. The second kappa shape index (κ2) is 10.1. The lowest BCUT2D eigenvalue weighted by Gasteiger charge is -2.30. The van der Waals surface area contributed by atoms with E-state index in [4.69, 9.17) is 4.74 Å². The number of rotatable bonds is 9. The van der Waals surface area contributed by atoms with Crippen LogP contribution in [0, 0.1) is 5.92 Å². The molecule has 6 nitrogen and oxygen atoms in total. The van der Waals surface area contributed by atoms with E-state index >= 15 is 0 Å². The highest BCUT2D eigenvalue weighted by Gasteiger charge is 2.28. The summed E-state index contributed by atoms with van der Waals surface area (Å²) in [4.78, 5) is 12.5. The third-order valence-corrected chi connectivity index (χ3v) is 6.80. The van der Waals surface area contributed by atoms with Crippen molar-refractivity contribution < 1.29 is 17.9 Å². The lowest BCUT2D eigenvalue weighted by molar-refractivity contribution is 0.0925. The molecule has 0 saturated heterocycles. The molecule has 0 radical (unpaired) electrons. The normalized spacial score (nSPS) is 13.9. The van der Waals surface area contributed by atoms with Crippen LogP contribution in [-0.4, -0.2) is 40.6 Å². The van der Waals surface area contributed by atoms with E-state index in [9.17, 15) is 13.2 Å². The van der Waals surface area contributed by atoms with Crippen LogP contribution >= 0.6 is 0 Å².